The molecule has 5 heteroatoms. The zero-order valence-corrected chi connectivity index (χ0v) is 7.94. The van der Waals surface area contributed by atoms with Gasteiger partial charge in [0, 0.05) is 6.92 Å². The summed E-state index contributed by atoms with van der Waals surface area (Å²) in [4.78, 5) is 20.9. The van der Waals surface area contributed by atoms with Gasteiger partial charge in [-0.15, -0.1) is 0 Å². The lowest BCUT2D eigenvalue weighted by Gasteiger charge is -2.17. The molecule has 0 saturated carbocycles. The quantitative estimate of drug-likeness (QED) is 0.603. The smallest absolute Gasteiger partial charge is 0.217 e. The van der Waals surface area contributed by atoms with Crippen molar-refractivity contribution in [3.8, 4) is 0 Å². The molecule has 0 bridgehead atoms. The summed E-state index contributed by atoms with van der Waals surface area (Å²) in [6, 6.07) is -0.852. The van der Waals surface area contributed by atoms with Gasteiger partial charge in [0.05, 0.1) is 12.0 Å². The molecule has 0 aromatic rings. The maximum atomic E-state index is 10.5. The van der Waals surface area contributed by atoms with Gasteiger partial charge in [-0.1, -0.05) is 0 Å². The number of aliphatic carboxylic acids is 1. The van der Waals surface area contributed by atoms with Crippen LogP contribution in [0, 0.1) is 0 Å². The van der Waals surface area contributed by atoms with E-state index in [1.54, 1.807) is 0 Å². The highest BCUT2D eigenvalue weighted by Crippen LogP contribution is 1.99. The van der Waals surface area contributed by atoms with Crippen molar-refractivity contribution in [1.82, 2.24) is 5.32 Å². The summed E-state index contributed by atoms with van der Waals surface area (Å²) in [5.41, 5.74) is 0. The number of hydrogen-bond acceptors (Lipinski definition) is 4. The summed E-state index contributed by atoms with van der Waals surface area (Å²) in [5, 5.41) is 12.7. The monoisotopic (exact) mass is 190 g/mol. The molecule has 0 spiro atoms. The Balaban J connectivity index is 3.87. The van der Waals surface area contributed by atoms with Crippen LogP contribution in [0.1, 0.15) is 13.3 Å². The van der Waals surface area contributed by atoms with Crippen LogP contribution in [0.3, 0.4) is 0 Å². The SMILES string of the molecule is CSCCC(NC(C)=O)C(=O)[O-]. The normalized spacial score (nSPS) is 12.2. The minimum absolute atomic E-state index is 0.342. The number of carboxylic acid groups (broad SMARTS) is 1. The van der Waals surface area contributed by atoms with Crippen LogP contribution in [0.15, 0.2) is 0 Å². The van der Waals surface area contributed by atoms with Crippen molar-refractivity contribution in [3.63, 3.8) is 0 Å². The van der Waals surface area contributed by atoms with E-state index in [0.717, 1.165) is 0 Å². The van der Waals surface area contributed by atoms with E-state index in [9.17, 15) is 14.7 Å². The fraction of sp³-hybridized carbons (Fsp3) is 0.714. The third kappa shape index (κ3) is 5.01. The molecule has 0 fully saturated rings. The third-order valence-corrected chi connectivity index (χ3v) is 1.92. The molecule has 70 valence electrons. The number of carboxylic acids is 1. The van der Waals surface area contributed by atoms with Gasteiger partial charge >= 0.3 is 0 Å². The number of nitrogens with one attached hydrogen (secondary N) is 1. The molecule has 1 N–H and O–H groups in total. The number of carbonyl (C=O) groups is 2. The Morgan fingerprint density at radius 2 is 2.17 bits per heavy atom. The van der Waals surface area contributed by atoms with Gasteiger partial charge in [0.15, 0.2) is 0 Å². The molecule has 1 atom stereocenters. The largest absolute Gasteiger partial charge is 0.548 e. The molecule has 0 aliphatic rings. The van der Waals surface area contributed by atoms with Gasteiger partial charge in [0.1, 0.15) is 0 Å². The van der Waals surface area contributed by atoms with E-state index in [0.29, 0.717) is 12.2 Å². The summed E-state index contributed by atoms with van der Waals surface area (Å²) in [6.07, 6.45) is 2.28. The number of amides is 1. The predicted octanol–water partition coefficient (Wildman–Crippen LogP) is -1.01. The summed E-state index contributed by atoms with van der Waals surface area (Å²) in [6.45, 7) is 1.29. The summed E-state index contributed by atoms with van der Waals surface area (Å²) >= 11 is 1.53. The van der Waals surface area contributed by atoms with Gasteiger partial charge in [0.25, 0.3) is 0 Å². The Hall–Kier alpha value is -0.710. The van der Waals surface area contributed by atoms with Crippen molar-refractivity contribution in [3.05, 3.63) is 0 Å². The van der Waals surface area contributed by atoms with Crippen LogP contribution in [-0.2, 0) is 9.59 Å². The lowest BCUT2D eigenvalue weighted by atomic mass is 10.2. The second kappa shape index (κ2) is 5.88. The zero-order valence-electron chi connectivity index (χ0n) is 7.12. The summed E-state index contributed by atoms with van der Waals surface area (Å²) in [5.74, 6) is -0.872. The number of rotatable bonds is 5. The van der Waals surface area contributed by atoms with Gasteiger partial charge in [-0.2, -0.15) is 11.8 Å². The number of hydrogen-bond donors (Lipinski definition) is 1. The molecule has 0 aromatic heterocycles. The molecule has 0 aliphatic heterocycles. The van der Waals surface area contributed by atoms with Crippen molar-refractivity contribution >= 4 is 23.6 Å². The minimum atomic E-state index is -1.22. The molecular weight excluding hydrogens is 178 g/mol. The van der Waals surface area contributed by atoms with Gasteiger partial charge in [-0.25, -0.2) is 0 Å². The Morgan fingerprint density at radius 1 is 1.58 bits per heavy atom. The molecule has 0 radical (unpaired) electrons. The Kier molecular flexibility index (Phi) is 5.53. The minimum Gasteiger partial charge on any atom is -0.548 e. The van der Waals surface area contributed by atoms with Crippen molar-refractivity contribution in [2.24, 2.45) is 0 Å². The lowest BCUT2D eigenvalue weighted by Crippen LogP contribution is -2.47. The van der Waals surface area contributed by atoms with E-state index >= 15 is 0 Å². The van der Waals surface area contributed by atoms with Crippen LogP contribution < -0.4 is 10.4 Å². The Bertz CT molecular complexity index is 172. The fourth-order valence-corrected chi connectivity index (χ4v) is 1.20. The number of carbonyl (C=O) groups excluding carboxylic acids is 2. The first-order valence-corrected chi connectivity index (χ1v) is 4.94. The van der Waals surface area contributed by atoms with Crippen molar-refractivity contribution in [2.45, 2.75) is 19.4 Å². The number of thioether (sulfide) groups is 1. The van der Waals surface area contributed by atoms with E-state index in [1.165, 1.54) is 18.7 Å². The second-order valence-corrected chi connectivity index (χ2v) is 3.34. The van der Waals surface area contributed by atoms with Gasteiger partial charge in [0.2, 0.25) is 5.91 Å². The summed E-state index contributed by atoms with van der Waals surface area (Å²) < 4.78 is 0. The first-order chi connectivity index (χ1) is 5.57. The average Bonchev–Trinajstić information content (AvgIpc) is 1.96. The average molecular weight is 190 g/mol. The first kappa shape index (κ1) is 11.3. The molecule has 1 unspecified atom stereocenters. The van der Waals surface area contributed by atoms with E-state index in [2.05, 4.69) is 5.32 Å². The lowest BCUT2D eigenvalue weighted by molar-refractivity contribution is -0.308. The maximum absolute atomic E-state index is 10.5. The molecule has 0 saturated heterocycles. The fourth-order valence-electron chi connectivity index (χ4n) is 0.730. The van der Waals surface area contributed by atoms with E-state index in [1.807, 2.05) is 6.26 Å². The maximum Gasteiger partial charge on any atom is 0.217 e. The Labute approximate surface area is 75.7 Å². The molecule has 0 aliphatic carbocycles. The molecule has 4 nitrogen and oxygen atoms in total. The first-order valence-electron chi connectivity index (χ1n) is 3.54. The molecule has 0 aromatic carbocycles. The molecule has 1 amide bonds. The molecule has 0 heterocycles. The van der Waals surface area contributed by atoms with Crippen molar-refractivity contribution in [2.75, 3.05) is 12.0 Å². The van der Waals surface area contributed by atoms with Gasteiger partial charge in [-0.05, 0) is 18.4 Å². The van der Waals surface area contributed by atoms with Crippen LogP contribution in [0.4, 0.5) is 0 Å². The van der Waals surface area contributed by atoms with E-state index < -0.39 is 12.0 Å². The summed E-state index contributed by atoms with van der Waals surface area (Å²) in [7, 11) is 0. The van der Waals surface area contributed by atoms with Crippen LogP contribution in [0.5, 0.6) is 0 Å². The Morgan fingerprint density at radius 3 is 2.50 bits per heavy atom. The molecule has 0 rings (SSSR count). The molecule has 12 heavy (non-hydrogen) atoms. The second-order valence-electron chi connectivity index (χ2n) is 2.35. The highest BCUT2D eigenvalue weighted by atomic mass is 32.2. The van der Waals surface area contributed by atoms with Crippen LogP contribution in [0.25, 0.3) is 0 Å². The zero-order chi connectivity index (χ0) is 9.56. The molecular formula is C7H12NO3S-. The third-order valence-electron chi connectivity index (χ3n) is 1.27. The highest BCUT2D eigenvalue weighted by molar-refractivity contribution is 7.98. The topological polar surface area (TPSA) is 69.2 Å². The van der Waals surface area contributed by atoms with E-state index in [-0.39, 0.29) is 5.91 Å². The van der Waals surface area contributed by atoms with E-state index in [4.69, 9.17) is 0 Å². The van der Waals surface area contributed by atoms with Crippen LogP contribution in [0.2, 0.25) is 0 Å². The standard InChI is InChI=1S/C7H13NO3S/c1-5(9)8-6(7(10)11)3-4-12-2/h6H,3-4H2,1-2H3,(H,8,9)(H,10,11)/p-1. The van der Waals surface area contributed by atoms with Crippen LogP contribution in [-0.4, -0.2) is 29.9 Å². The highest BCUT2D eigenvalue weighted by Gasteiger charge is 2.09. The van der Waals surface area contributed by atoms with Crippen LogP contribution >= 0.6 is 11.8 Å². The predicted molar refractivity (Wildman–Crippen MR) is 45.6 cm³/mol. The van der Waals surface area contributed by atoms with Crippen molar-refractivity contribution in [1.29, 1.82) is 0 Å². The van der Waals surface area contributed by atoms with Gasteiger partial charge < -0.3 is 15.2 Å². The van der Waals surface area contributed by atoms with Gasteiger partial charge in [-0.3, -0.25) is 4.79 Å². The van der Waals surface area contributed by atoms with Crippen molar-refractivity contribution < 1.29 is 14.7 Å².